The summed E-state index contributed by atoms with van der Waals surface area (Å²) in [5, 5.41) is 7.81. The number of aromatic nitrogens is 2. The molecule has 1 aliphatic rings. The maximum atomic E-state index is 13.8. The van der Waals surface area contributed by atoms with Gasteiger partial charge in [-0.05, 0) is 41.5 Å². The molecule has 40 heavy (non-hydrogen) atoms. The van der Waals surface area contributed by atoms with E-state index >= 15 is 0 Å². The molecule has 0 unspecified atom stereocenters. The highest BCUT2D eigenvalue weighted by Gasteiger charge is 2.30. The van der Waals surface area contributed by atoms with Crippen LogP contribution in [0.2, 0.25) is 5.02 Å². The van der Waals surface area contributed by atoms with Gasteiger partial charge in [-0.3, -0.25) is 9.59 Å². The van der Waals surface area contributed by atoms with Crippen LogP contribution in [0.25, 0.3) is 22.2 Å². The molecule has 0 bridgehead atoms. The van der Waals surface area contributed by atoms with Gasteiger partial charge in [-0.15, -0.1) is 0 Å². The predicted molar refractivity (Wildman–Crippen MR) is 161 cm³/mol. The van der Waals surface area contributed by atoms with Crippen molar-refractivity contribution in [3.63, 3.8) is 0 Å². The van der Waals surface area contributed by atoms with Crippen molar-refractivity contribution in [2.24, 2.45) is 0 Å². The number of benzene rings is 2. The van der Waals surface area contributed by atoms with Crippen LogP contribution in [0.4, 0.5) is 5.69 Å². The average molecular weight is 559 g/mol. The highest BCUT2D eigenvalue weighted by Crippen LogP contribution is 2.37. The first-order valence-corrected chi connectivity index (χ1v) is 14.0. The smallest absolute Gasteiger partial charge is 0.251 e. The molecule has 9 heteroatoms. The van der Waals surface area contributed by atoms with Gasteiger partial charge >= 0.3 is 0 Å². The number of amides is 2. The van der Waals surface area contributed by atoms with Crippen LogP contribution in [0.3, 0.4) is 0 Å². The zero-order valence-electron chi connectivity index (χ0n) is 23.1. The van der Waals surface area contributed by atoms with Gasteiger partial charge in [0.25, 0.3) is 5.91 Å². The van der Waals surface area contributed by atoms with Crippen LogP contribution in [0.1, 0.15) is 35.7 Å². The van der Waals surface area contributed by atoms with Crippen molar-refractivity contribution in [2.75, 3.05) is 44.7 Å². The Morgan fingerprint density at radius 2 is 1.70 bits per heavy atom. The SMILES string of the molecule is CNC(=O)c1ccc(-c2cnc3[nH]ccc3c2N2CCN(C(=O)[C@H](CNC(C)C)c3ccc(Cl)cc3)CC2)cc1. The van der Waals surface area contributed by atoms with Crippen LogP contribution in [-0.4, -0.2) is 72.5 Å². The summed E-state index contributed by atoms with van der Waals surface area (Å²) in [7, 11) is 1.63. The molecule has 1 atom stereocenters. The van der Waals surface area contributed by atoms with E-state index in [4.69, 9.17) is 11.6 Å². The molecule has 5 rings (SSSR count). The number of halogens is 1. The summed E-state index contributed by atoms with van der Waals surface area (Å²) >= 11 is 6.12. The van der Waals surface area contributed by atoms with Gasteiger partial charge in [0.1, 0.15) is 5.65 Å². The summed E-state index contributed by atoms with van der Waals surface area (Å²) in [6.07, 6.45) is 3.78. The van der Waals surface area contributed by atoms with E-state index < -0.39 is 0 Å². The minimum atomic E-state index is -0.280. The number of hydrogen-bond donors (Lipinski definition) is 3. The molecular formula is C31H35ClN6O2. The molecule has 1 aliphatic heterocycles. The van der Waals surface area contributed by atoms with Gasteiger partial charge in [0.05, 0.1) is 11.6 Å². The molecule has 2 aromatic heterocycles. The van der Waals surface area contributed by atoms with Gasteiger partial charge in [0.15, 0.2) is 0 Å². The van der Waals surface area contributed by atoms with Crippen molar-refractivity contribution >= 4 is 40.1 Å². The fourth-order valence-electron chi connectivity index (χ4n) is 5.26. The van der Waals surface area contributed by atoms with E-state index in [1.54, 1.807) is 7.05 Å². The van der Waals surface area contributed by atoms with E-state index in [1.165, 1.54) is 0 Å². The topological polar surface area (TPSA) is 93.4 Å². The summed E-state index contributed by atoms with van der Waals surface area (Å²) in [4.78, 5) is 38.0. The molecule has 1 fully saturated rings. The summed E-state index contributed by atoms with van der Waals surface area (Å²) in [6, 6.07) is 17.5. The van der Waals surface area contributed by atoms with E-state index in [9.17, 15) is 9.59 Å². The number of piperazine rings is 1. The summed E-state index contributed by atoms with van der Waals surface area (Å²) < 4.78 is 0. The lowest BCUT2D eigenvalue weighted by Gasteiger charge is -2.38. The fourth-order valence-corrected chi connectivity index (χ4v) is 5.38. The van der Waals surface area contributed by atoms with Crippen LogP contribution in [0.5, 0.6) is 0 Å². The second-order valence-corrected chi connectivity index (χ2v) is 10.8. The lowest BCUT2D eigenvalue weighted by atomic mass is 9.96. The molecule has 2 amide bonds. The van der Waals surface area contributed by atoms with Crippen molar-refractivity contribution in [3.8, 4) is 11.1 Å². The molecule has 4 aromatic rings. The normalized spacial score (nSPS) is 14.5. The largest absolute Gasteiger partial charge is 0.367 e. The van der Waals surface area contributed by atoms with Gasteiger partial charge in [-0.2, -0.15) is 0 Å². The lowest BCUT2D eigenvalue weighted by molar-refractivity contribution is -0.133. The third-order valence-electron chi connectivity index (χ3n) is 7.45. The molecule has 3 heterocycles. The number of H-pyrrole nitrogens is 1. The number of aromatic amines is 1. The van der Waals surface area contributed by atoms with E-state index in [2.05, 4.69) is 39.3 Å². The molecule has 1 saturated heterocycles. The van der Waals surface area contributed by atoms with Crippen molar-refractivity contribution < 1.29 is 9.59 Å². The Balaban J connectivity index is 1.38. The Morgan fingerprint density at radius 3 is 2.35 bits per heavy atom. The second kappa shape index (κ2) is 12.1. The first-order valence-electron chi connectivity index (χ1n) is 13.7. The van der Waals surface area contributed by atoms with Crippen molar-refractivity contribution in [1.29, 1.82) is 0 Å². The van der Waals surface area contributed by atoms with Crippen LogP contribution in [-0.2, 0) is 4.79 Å². The van der Waals surface area contributed by atoms with Gasteiger partial charge in [0, 0.05) is 79.7 Å². The Kier molecular flexibility index (Phi) is 8.38. The van der Waals surface area contributed by atoms with E-state index in [-0.39, 0.29) is 23.8 Å². The van der Waals surface area contributed by atoms with Crippen LogP contribution in [0, 0.1) is 0 Å². The quantitative estimate of drug-likeness (QED) is 0.292. The number of fused-ring (bicyclic) bond motifs is 1. The number of anilines is 1. The fraction of sp³-hybridized carbons (Fsp3) is 0.323. The maximum Gasteiger partial charge on any atom is 0.251 e. The van der Waals surface area contributed by atoms with Crippen LogP contribution < -0.4 is 15.5 Å². The molecule has 2 aromatic carbocycles. The van der Waals surface area contributed by atoms with E-state index in [0.29, 0.717) is 43.3 Å². The number of hydrogen-bond acceptors (Lipinski definition) is 5. The monoisotopic (exact) mass is 558 g/mol. The Hall–Kier alpha value is -3.88. The van der Waals surface area contributed by atoms with Crippen molar-refractivity contribution in [2.45, 2.75) is 25.8 Å². The van der Waals surface area contributed by atoms with Crippen LogP contribution >= 0.6 is 11.6 Å². The molecule has 0 spiro atoms. The molecule has 0 saturated carbocycles. The second-order valence-electron chi connectivity index (χ2n) is 10.4. The predicted octanol–water partition coefficient (Wildman–Crippen LogP) is 4.67. The zero-order chi connectivity index (χ0) is 28.2. The number of rotatable bonds is 8. The number of pyridine rings is 1. The van der Waals surface area contributed by atoms with Crippen molar-refractivity contribution in [1.82, 2.24) is 25.5 Å². The molecular weight excluding hydrogens is 524 g/mol. The van der Waals surface area contributed by atoms with Gasteiger partial charge < -0.3 is 25.4 Å². The summed E-state index contributed by atoms with van der Waals surface area (Å²) in [5.41, 5.74) is 5.46. The van der Waals surface area contributed by atoms with Gasteiger partial charge in [-0.1, -0.05) is 49.7 Å². The Bertz CT molecular complexity index is 1470. The summed E-state index contributed by atoms with van der Waals surface area (Å²) in [6.45, 7) is 7.38. The highest BCUT2D eigenvalue weighted by atomic mass is 35.5. The number of carbonyl (C=O) groups excluding carboxylic acids is 2. The lowest BCUT2D eigenvalue weighted by Crippen LogP contribution is -2.51. The standard InChI is InChI=1S/C31H35ClN6O2/c1-20(2)35-19-27(22-8-10-24(32)11-9-22)31(40)38-16-14-37(15-17-38)28-25-12-13-34-29(25)36-18-26(28)21-4-6-23(7-5-21)30(39)33-3/h4-13,18,20,27,35H,14-17,19H2,1-3H3,(H,33,39)(H,34,36)/t27-/m1/s1. The molecule has 3 N–H and O–H groups in total. The van der Waals surface area contributed by atoms with Crippen LogP contribution in [0.15, 0.2) is 67.0 Å². The molecule has 8 nitrogen and oxygen atoms in total. The third kappa shape index (κ3) is 5.83. The molecule has 208 valence electrons. The number of carbonyl (C=O) groups is 2. The minimum Gasteiger partial charge on any atom is -0.367 e. The number of nitrogens with zero attached hydrogens (tertiary/aromatic N) is 3. The first kappa shape index (κ1) is 27.7. The number of nitrogens with one attached hydrogen (secondary N) is 3. The molecule has 0 radical (unpaired) electrons. The first-order chi connectivity index (χ1) is 19.4. The third-order valence-corrected chi connectivity index (χ3v) is 7.70. The molecule has 0 aliphatic carbocycles. The van der Waals surface area contributed by atoms with Gasteiger partial charge in [0.2, 0.25) is 5.91 Å². The van der Waals surface area contributed by atoms with Gasteiger partial charge in [-0.25, -0.2) is 4.98 Å². The minimum absolute atomic E-state index is 0.118. The average Bonchev–Trinajstić information content (AvgIpc) is 3.46. The summed E-state index contributed by atoms with van der Waals surface area (Å²) in [5.74, 6) is -0.271. The van der Waals surface area contributed by atoms with E-state index in [1.807, 2.05) is 71.9 Å². The Labute approximate surface area is 239 Å². The van der Waals surface area contributed by atoms with E-state index in [0.717, 1.165) is 33.4 Å². The maximum absolute atomic E-state index is 13.8. The highest BCUT2D eigenvalue weighted by molar-refractivity contribution is 6.30. The van der Waals surface area contributed by atoms with Crippen molar-refractivity contribution in [3.05, 3.63) is 83.1 Å². The zero-order valence-corrected chi connectivity index (χ0v) is 23.8. The Morgan fingerprint density at radius 1 is 1.00 bits per heavy atom.